The van der Waals surface area contributed by atoms with Crippen molar-refractivity contribution in [3.05, 3.63) is 18.2 Å². The Bertz CT molecular complexity index is 917. The zero-order valence-corrected chi connectivity index (χ0v) is 23.0. The Balaban J connectivity index is 2.98. The van der Waals surface area contributed by atoms with Gasteiger partial charge in [-0.15, -0.1) is 0 Å². The molecule has 0 saturated carbocycles. The van der Waals surface area contributed by atoms with Crippen LogP contribution in [0.4, 0.5) is 0 Å². The van der Waals surface area contributed by atoms with Gasteiger partial charge in [0.1, 0.15) is 18.1 Å². The lowest BCUT2D eigenvalue weighted by Gasteiger charge is -2.25. The van der Waals surface area contributed by atoms with Crippen molar-refractivity contribution in [2.45, 2.75) is 69.1 Å². The first-order chi connectivity index (χ1) is 18.6. The third-order valence-electron chi connectivity index (χ3n) is 5.74. The lowest BCUT2D eigenvalue weighted by Crippen LogP contribution is -2.57. The number of carbonyl (C=O) groups is 4. The van der Waals surface area contributed by atoms with Crippen LogP contribution in [0.5, 0.6) is 0 Å². The maximum absolute atomic E-state index is 13.3. The van der Waals surface area contributed by atoms with Crippen LogP contribution in [0, 0.1) is 5.41 Å². The second-order valence-corrected chi connectivity index (χ2v) is 9.93. The maximum Gasteiger partial charge on any atom is 0.326 e. The zero-order chi connectivity index (χ0) is 29.2. The number of rotatable bonds is 20. The van der Waals surface area contributed by atoms with Gasteiger partial charge in [0.15, 0.2) is 5.96 Å². The van der Waals surface area contributed by atoms with E-state index in [1.807, 2.05) is 6.26 Å². The number of nitrogens with one attached hydrogen (secondary N) is 6. The second-order valence-electron chi connectivity index (χ2n) is 8.94. The molecular weight excluding hydrogens is 528 g/mol. The van der Waals surface area contributed by atoms with Crippen molar-refractivity contribution in [3.63, 3.8) is 0 Å². The van der Waals surface area contributed by atoms with E-state index < -0.39 is 47.9 Å². The summed E-state index contributed by atoms with van der Waals surface area (Å²) in [6, 6.07) is -4.16. The fraction of sp³-hybridized carbons (Fsp3) is 0.652. The molecule has 1 aromatic heterocycles. The lowest BCUT2D eigenvalue weighted by atomic mass is 10.0. The number of aromatic nitrogens is 2. The highest BCUT2D eigenvalue weighted by atomic mass is 32.2. The SMILES string of the molecule is CSCC[C@H](NC(=O)[C@H](CCCCN)NC(=O)[C@H](CCCNC(=N)N)NC(=O)[C@@H](N)Cc1c[nH]cn1)C(=O)O. The number of unbranched alkanes of at least 4 members (excludes halogenated alkanes) is 1. The number of carboxylic acid groups (broad SMARTS) is 1. The van der Waals surface area contributed by atoms with Gasteiger partial charge in [0.2, 0.25) is 17.7 Å². The Kier molecular flexibility index (Phi) is 16.2. The van der Waals surface area contributed by atoms with Crippen molar-refractivity contribution in [1.82, 2.24) is 31.2 Å². The van der Waals surface area contributed by atoms with Crippen molar-refractivity contribution >= 4 is 41.4 Å². The molecule has 0 spiro atoms. The minimum atomic E-state index is -1.17. The molecule has 0 bridgehead atoms. The topological polar surface area (TPSA) is 267 Å². The minimum absolute atomic E-state index is 0.145. The molecular formula is C23H42N10O5S. The third kappa shape index (κ3) is 13.8. The minimum Gasteiger partial charge on any atom is -0.480 e. The molecule has 0 radical (unpaired) electrons. The number of carbonyl (C=O) groups excluding carboxylic acids is 3. The van der Waals surface area contributed by atoms with Gasteiger partial charge < -0.3 is 48.6 Å². The standard InChI is InChI=1S/C23H42N10O5S/c1-39-10-7-18(22(37)38)33-21(36)16(5-2-3-8-24)32-20(35)17(6-4-9-29-23(26)27)31-19(34)15(25)11-14-12-28-13-30-14/h12-13,15-18H,2-11,24-25H2,1H3,(H,28,30)(H,31,34)(H,32,35)(H,33,36)(H,37,38)(H4,26,27,29)/t15-,16-,17-,18-/m0/s1. The first-order valence-corrected chi connectivity index (χ1v) is 14.1. The number of nitrogens with zero attached hydrogens (tertiary/aromatic N) is 1. The van der Waals surface area contributed by atoms with E-state index in [-0.39, 0.29) is 38.2 Å². The van der Waals surface area contributed by atoms with E-state index in [4.69, 9.17) is 22.6 Å². The van der Waals surface area contributed by atoms with Crippen LogP contribution in [0.2, 0.25) is 0 Å². The Labute approximate surface area is 232 Å². The molecule has 0 fully saturated rings. The summed E-state index contributed by atoms with van der Waals surface area (Å²) in [5.74, 6) is -2.70. The molecule has 1 heterocycles. The number of hydrogen-bond acceptors (Lipinski definition) is 9. The van der Waals surface area contributed by atoms with Gasteiger partial charge in [-0.1, -0.05) is 0 Å². The highest BCUT2D eigenvalue weighted by molar-refractivity contribution is 7.98. The van der Waals surface area contributed by atoms with Gasteiger partial charge in [0.05, 0.1) is 18.1 Å². The molecule has 15 nitrogen and oxygen atoms in total. The summed E-state index contributed by atoms with van der Waals surface area (Å²) in [6.45, 7) is 0.675. The molecule has 1 rings (SSSR count). The van der Waals surface area contributed by atoms with Crippen LogP contribution < -0.4 is 38.5 Å². The molecule has 1 aromatic rings. The second kappa shape index (κ2) is 18.8. The van der Waals surface area contributed by atoms with Crippen LogP contribution in [-0.2, 0) is 25.6 Å². The number of imidazole rings is 1. The number of thioether (sulfide) groups is 1. The largest absolute Gasteiger partial charge is 0.480 e. The molecule has 16 heteroatoms. The number of guanidine groups is 1. The van der Waals surface area contributed by atoms with Crippen LogP contribution in [0.25, 0.3) is 0 Å². The number of aromatic amines is 1. The quantitative estimate of drug-likeness (QED) is 0.0463. The first-order valence-electron chi connectivity index (χ1n) is 12.7. The van der Waals surface area contributed by atoms with E-state index in [0.717, 1.165) is 0 Å². The smallest absolute Gasteiger partial charge is 0.326 e. The summed E-state index contributed by atoms with van der Waals surface area (Å²) in [6.07, 6.45) is 7.16. The van der Waals surface area contributed by atoms with Gasteiger partial charge in [-0.3, -0.25) is 19.8 Å². The fourth-order valence-electron chi connectivity index (χ4n) is 3.60. The summed E-state index contributed by atoms with van der Waals surface area (Å²) in [4.78, 5) is 57.6. The number of aliphatic carboxylic acids is 1. The predicted molar refractivity (Wildman–Crippen MR) is 149 cm³/mol. The molecule has 0 aliphatic carbocycles. The monoisotopic (exact) mass is 570 g/mol. The number of carboxylic acids is 1. The van der Waals surface area contributed by atoms with Crippen LogP contribution in [0.3, 0.4) is 0 Å². The number of hydrogen-bond donors (Lipinski definition) is 10. The van der Waals surface area contributed by atoms with Gasteiger partial charge in [0, 0.05) is 19.2 Å². The summed E-state index contributed by atoms with van der Waals surface area (Å²) in [5, 5.41) is 27.2. The fourth-order valence-corrected chi connectivity index (χ4v) is 4.07. The Morgan fingerprint density at radius 3 is 2.18 bits per heavy atom. The molecule has 0 aliphatic heterocycles. The Hall–Kier alpha value is -3.37. The molecule has 13 N–H and O–H groups in total. The Morgan fingerprint density at radius 1 is 1.03 bits per heavy atom. The Morgan fingerprint density at radius 2 is 1.64 bits per heavy atom. The number of nitrogens with two attached hydrogens (primary N) is 3. The van der Waals surface area contributed by atoms with E-state index in [1.54, 1.807) is 6.20 Å². The predicted octanol–water partition coefficient (Wildman–Crippen LogP) is -2.04. The van der Waals surface area contributed by atoms with E-state index in [1.165, 1.54) is 18.1 Å². The van der Waals surface area contributed by atoms with E-state index in [2.05, 4.69) is 31.2 Å². The zero-order valence-electron chi connectivity index (χ0n) is 22.2. The van der Waals surface area contributed by atoms with Crippen LogP contribution in [0.15, 0.2) is 12.5 Å². The van der Waals surface area contributed by atoms with Crippen molar-refractivity contribution in [1.29, 1.82) is 5.41 Å². The summed E-state index contributed by atoms with van der Waals surface area (Å²) in [5.41, 5.74) is 17.5. The van der Waals surface area contributed by atoms with Crippen LogP contribution >= 0.6 is 11.8 Å². The number of H-pyrrole nitrogens is 1. The maximum atomic E-state index is 13.3. The molecule has 4 atom stereocenters. The van der Waals surface area contributed by atoms with Crippen LogP contribution in [0.1, 0.15) is 44.2 Å². The summed E-state index contributed by atoms with van der Waals surface area (Å²) < 4.78 is 0. The van der Waals surface area contributed by atoms with E-state index >= 15 is 0 Å². The van der Waals surface area contributed by atoms with E-state index in [9.17, 15) is 24.3 Å². The van der Waals surface area contributed by atoms with Gasteiger partial charge in [0.25, 0.3) is 0 Å². The molecule has 0 aromatic carbocycles. The molecule has 0 unspecified atom stereocenters. The molecule has 0 aliphatic rings. The summed E-state index contributed by atoms with van der Waals surface area (Å²) in [7, 11) is 0. The normalized spacial score (nSPS) is 13.9. The first kappa shape index (κ1) is 33.7. The van der Waals surface area contributed by atoms with Crippen molar-refractivity contribution in [2.75, 3.05) is 25.1 Å². The van der Waals surface area contributed by atoms with Gasteiger partial charge >= 0.3 is 5.97 Å². The molecule has 0 saturated heterocycles. The molecule has 3 amide bonds. The third-order valence-corrected chi connectivity index (χ3v) is 6.39. The van der Waals surface area contributed by atoms with Gasteiger partial charge in [-0.25, -0.2) is 9.78 Å². The van der Waals surface area contributed by atoms with Gasteiger partial charge in [-0.05, 0) is 57.1 Å². The van der Waals surface area contributed by atoms with Crippen molar-refractivity contribution in [2.24, 2.45) is 17.2 Å². The average Bonchev–Trinajstić information content (AvgIpc) is 3.40. The lowest BCUT2D eigenvalue weighted by molar-refractivity contribution is -0.142. The van der Waals surface area contributed by atoms with Crippen LogP contribution in [-0.4, -0.2) is 94.0 Å². The highest BCUT2D eigenvalue weighted by Crippen LogP contribution is 2.07. The summed E-state index contributed by atoms with van der Waals surface area (Å²) >= 11 is 1.45. The number of amides is 3. The van der Waals surface area contributed by atoms with Gasteiger partial charge in [-0.2, -0.15) is 11.8 Å². The molecule has 39 heavy (non-hydrogen) atoms. The highest BCUT2D eigenvalue weighted by Gasteiger charge is 2.30. The van der Waals surface area contributed by atoms with Crippen molar-refractivity contribution < 1.29 is 24.3 Å². The van der Waals surface area contributed by atoms with E-state index in [0.29, 0.717) is 37.3 Å². The average molecular weight is 571 g/mol. The molecule has 220 valence electrons. The van der Waals surface area contributed by atoms with Crippen molar-refractivity contribution in [3.8, 4) is 0 Å².